The molecule has 0 aliphatic rings. The molecule has 2 rings (SSSR count). The summed E-state index contributed by atoms with van der Waals surface area (Å²) < 4.78 is 0. The minimum absolute atomic E-state index is 0.163. The third kappa shape index (κ3) is 2.66. The molecular weight excluding hydrogens is 273 g/mol. The predicted octanol–water partition coefficient (Wildman–Crippen LogP) is 4.67. The zero-order valence-electron chi connectivity index (χ0n) is 9.63. The van der Waals surface area contributed by atoms with Gasteiger partial charge >= 0.3 is 0 Å². The van der Waals surface area contributed by atoms with Gasteiger partial charge in [0.05, 0.1) is 16.1 Å². The van der Waals surface area contributed by atoms with Crippen LogP contribution in [-0.2, 0) is 0 Å². The number of rotatable bonds is 3. The van der Waals surface area contributed by atoms with Gasteiger partial charge in [-0.15, -0.1) is 0 Å². The predicted molar refractivity (Wildman–Crippen MR) is 76.4 cm³/mol. The summed E-state index contributed by atoms with van der Waals surface area (Å²) in [6, 6.07) is 5.93. The molecule has 1 aromatic heterocycles. The smallest absolute Gasteiger partial charge is 0.0595 e. The number of hydrogen-bond donors (Lipinski definition) is 1. The fourth-order valence-electron chi connectivity index (χ4n) is 1.86. The quantitative estimate of drug-likeness (QED) is 0.864. The van der Waals surface area contributed by atoms with Gasteiger partial charge in [-0.25, -0.2) is 0 Å². The van der Waals surface area contributed by atoms with E-state index in [0.29, 0.717) is 10.0 Å². The second-order valence-electron chi connectivity index (χ2n) is 3.91. The highest BCUT2D eigenvalue weighted by molar-refractivity contribution is 7.08. The van der Waals surface area contributed by atoms with Crippen molar-refractivity contribution in [1.29, 1.82) is 0 Å². The SMILES string of the molecule is CNC(c1ccc(Cl)c(Cl)c1)c1cscc1C. The van der Waals surface area contributed by atoms with Crippen LogP contribution in [0.3, 0.4) is 0 Å². The van der Waals surface area contributed by atoms with Crippen LogP contribution >= 0.6 is 34.5 Å². The van der Waals surface area contributed by atoms with Crippen molar-refractivity contribution in [2.75, 3.05) is 7.05 Å². The fourth-order valence-corrected chi connectivity index (χ4v) is 3.04. The molecule has 0 spiro atoms. The molecule has 1 aromatic carbocycles. The Hall–Kier alpha value is -0.540. The zero-order chi connectivity index (χ0) is 12.4. The summed E-state index contributed by atoms with van der Waals surface area (Å²) in [5, 5.41) is 8.81. The standard InChI is InChI=1S/C13H13Cl2NS/c1-8-6-17-7-10(8)13(16-2)9-3-4-11(14)12(15)5-9/h3-7,13,16H,1-2H3. The molecule has 2 aromatic rings. The lowest BCUT2D eigenvalue weighted by molar-refractivity contribution is 0.690. The van der Waals surface area contributed by atoms with Gasteiger partial charge in [-0.2, -0.15) is 11.3 Å². The van der Waals surface area contributed by atoms with E-state index in [1.54, 1.807) is 11.3 Å². The van der Waals surface area contributed by atoms with Crippen molar-refractivity contribution in [2.45, 2.75) is 13.0 Å². The molecule has 0 saturated heterocycles. The van der Waals surface area contributed by atoms with Crippen LogP contribution in [0.5, 0.6) is 0 Å². The van der Waals surface area contributed by atoms with E-state index in [2.05, 4.69) is 23.0 Å². The molecule has 0 bridgehead atoms. The van der Waals surface area contributed by atoms with E-state index in [4.69, 9.17) is 23.2 Å². The lowest BCUT2D eigenvalue weighted by atomic mass is 9.99. The number of nitrogens with one attached hydrogen (secondary N) is 1. The Labute approximate surface area is 115 Å². The Morgan fingerprint density at radius 1 is 1.18 bits per heavy atom. The lowest BCUT2D eigenvalue weighted by Crippen LogP contribution is -2.17. The maximum Gasteiger partial charge on any atom is 0.0595 e. The first-order chi connectivity index (χ1) is 8.13. The minimum Gasteiger partial charge on any atom is -0.309 e. The van der Waals surface area contributed by atoms with Crippen LogP contribution < -0.4 is 5.32 Å². The van der Waals surface area contributed by atoms with Crippen LogP contribution in [0.4, 0.5) is 0 Å². The molecule has 0 aliphatic heterocycles. The van der Waals surface area contributed by atoms with Crippen molar-refractivity contribution in [3.63, 3.8) is 0 Å². The van der Waals surface area contributed by atoms with Crippen LogP contribution in [-0.4, -0.2) is 7.05 Å². The van der Waals surface area contributed by atoms with Crippen molar-refractivity contribution in [3.05, 3.63) is 55.7 Å². The summed E-state index contributed by atoms with van der Waals surface area (Å²) in [6.45, 7) is 2.12. The second-order valence-corrected chi connectivity index (χ2v) is 5.46. The Morgan fingerprint density at radius 3 is 2.47 bits per heavy atom. The second kappa shape index (κ2) is 5.40. The van der Waals surface area contributed by atoms with Gasteiger partial charge in [0.25, 0.3) is 0 Å². The van der Waals surface area contributed by atoms with Gasteiger partial charge in [-0.1, -0.05) is 29.3 Å². The summed E-state index contributed by atoms with van der Waals surface area (Å²) in [5.41, 5.74) is 3.71. The summed E-state index contributed by atoms with van der Waals surface area (Å²) in [7, 11) is 1.95. The van der Waals surface area contributed by atoms with Crippen molar-refractivity contribution in [2.24, 2.45) is 0 Å². The van der Waals surface area contributed by atoms with Crippen molar-refractivity contribution in [3.8, 4) is 0 Å². The molecule has 1 unspecified atom stereocenters. The minimum atomic E-state index is 0.163. The van der Waals surface area contributed by atoms with Crippen molar-refractivity contribution in [1.82, 2.24) is 5.32 Å². The average molecular weight is 286 g/mol. The highest BCUT2D eigenvalue weighted by atomic mass is 35.5. The third-order valence-corrected chi connectivity index (χ3v) is 4.39. The van der Waals surface area contributed by atoms with Gasteiger partial charge in [0.2, 0.25) is 0 Å². The van der Waals surface area contributed by atoms with Crippen LogP contribution in [0.25, 0.3) is 0 Å². The number of benzene rings is 1. The first-order valence-electron chi connectivity index (χ1n) is 5.28. The summed E-state index contributed by atoms with van der Waals surface area (Å²) in [5.74, 6) is 0. The van der Waals surface area contributed by atoms with Gasteiger partial charge in [0.15, 0.2) is 0 Å². The molecule has 0 aliphatic carbocycles. The topological polar surface area (TPSA) is 12.0 Å². The van der Waals surface area contributed by atoms with E-state index in [1.165, 1.54) is 11.1 Å². The van der Waals surface area contributed by atoms with Crippen LogP contribution in [0, 0.1) is 6.92 Å². The lowest BCUT2D eigenvalue weighted by Gasteiger charge is -2.17. The maximum atomic E-state index is 6.06. The maximum absolute atomic E-state index is 6.06. The zero-order valence-corrected chi connectivity index (χ0v) is 12.0. The molecule has 1 atom stereocenters. The molecule has 0 saturated carbocycles. The fraction of sp³-hybridized carbons (Fsp3) is 0.231. The molecule has 1 nitrogen and oxygen atoms in total. The molecular formula is C13H13Cl2NS. The van der Waals surface area contributed by atoms with Gasteiger partial charge < -0.3 is 5.32 Å². The molecule has 0 amide bonds. The molecule has 4 heteroatoms. The first-order valence-corrected chi connectivity index (χ1v) is 6.98. The number of aryl methyl sites for hydroxylation is 1. The van der Waals surface area contributed by atoms with Crippen LogP contribution in [0.15, 0.2) is 29.0 Å². The molecule has 1 heterocycles. The first kappa shape index (κ1) is 12.9. The van der Waals surface area contributed by atoms with Gasteiger partial charge in [-0.05, 0) is 53.6 Å². The number of halogens is 2. The monoisotopic (exact) mass is 285 g/mol. The van der Waals surface area contributed by atoms with E-state index >= 15 is 0 Å². The van der Waals surface area contributed by atoms with Crippen LogP contribution in [0.2, 0.25) is 10.0 Å². The Kier molecular flexibility index (Phi) is 4.10. The average Bonchev–Trinajstić information content (AvgIpc) is 2.71. The van der Waals surface area contributed by atoms with Gasteiger partial charge in [0, 0.05) is 0 Å². The highest BCUT2D eigenvalue weighted by Gasteiger charge is 2.15. The Morgan fingerprint density at radius 2 is 1.94 bits per heavy atom. The molecule has 1 N–H and O–H groups in total. The van der Waals surface area contributed by atoms with E-state index < -0.39 is 0 Å². The summed E-state index contributed by atoms with van der Waals surface area (Å²) in [6.07, 6.45) is 0. The van der Waals surface area contributed by atoms with Crippen LogP contribution in [0.1, 0.15) is 22.7 Å². The van der Waals surface area contributed by atoms with E-state index in [9.17, 15) is 0 Å². The largest absolute Gasteiger partial charge is 0.309 e. The number of hydrogen-bond acceptors (Lipinski definition) is 2. The van der Waals surface area contributed by atoms with E-state index in [-0.39, 0.29) is 6.04 Å². The van der Waals surface area contributed by atoms with E-state index in [0.717, 1.165) is 5.56 Å². The van der Waals surface area contributed by atoms with Gasteiger partial charge in [0.1, 0.15) is 0 Å². The molecule has 90 valence electrons. The van der Waals surface area contributed by atoms with E-state index in [1.807, 2.05) is 25.2 Å². The van der Waals surface area contributed by atoms with Gasteiger partial charge in [-0.3, -0.25) is 0 Å². The van der Waals surface area contributed by atoms with Crippen molar-refractivity contribution < 1.29 is 0 Å². The number of thiophene rings is 1. The third-order valence-electron chi connectivity index (χ3n) is 2.77. The van der Waals surface area contributed by atoms with Crippen molar-refractivity contribution >= 4 is 34.5 Å². The molecule has 0 fully saturated rings. The molecule has 0 radical (unpaired) electrons. The summed E-state index contributed by atoms with van der Waals surface area (Å²) in [4.78, 5) is 0. The highest BCUT2D eigenvalue weighted by Crippen LogP contribution is 2.31. The molecule has 17 heavy (non-hydrogen) atoms. The summed E-state index contributed by atoms with van der Waals surface area (Å²) >= 11 is 13.7. The Bertz CT molecular complexity index is 522. The normalized spacial score (nSPS) is 12.7. The Balaban J connectivity index is 2.42.